The Balaban J connectivity index is 0.00000121. The first-order valence-electron chi connectivity index (χ1n) is 3.15. The molecule has 0 fully saturated rings. The first-order valence-corrected chi connectivity index (χ1v) is 3.15. The summed E-state index contributed by atoms with van der Waals surface area (Å²) in [4.78, 5) is 0. The molecule has 0 aromatic heterocycles. The molecule has 0 amide bonds. The van der Waals surface area contributed by atoms with Gasteiger partial charge in [-0.15, -0.1) is 0 Å². The van der Waals surface area contributed by atoms with Gasteiger partial charge in [0.05, 0.1) is 0 Å². The second kappa shape index (κ2) is 2.96. The van der Waals surface area contributed by atoms with E-state index in [0.29, 0.717) is 5.56 Å². The molecule has 0 aliphatic rings. The van der Waals surface area contributed by atoms with Crippen LogP contribution in [0.2, 0.25) is 0 Å². The van der Waals surface area contributed by atoms with E-state index >= 15 is 0 Å². The van der Waals surface area contributed by atoms with E-state index in [0.717, 1.165) is 0 Å². The molecule has 1 rings (SSSR count). The minimum absolute atomic E-state index is 0. The average molecular weight is 152 g/mol. The molecule has 58 valence electrons. The minimum Gasteiger partial charge on any atom is -0.503 e. The topological polar surface area (TPSA) is 66.5 Å². The number of nitrogens with two attached hydrogens (primary N) is 1. The standard InChI is InChI=1S/C8H9NO2/c9-8(11)7(10)6-4-2-1-3-5-6/h1-5,10-11H,9H2/p+1. The molecular formula is C8H10NO2+. The fourth-order valence-corrected chi connectivity index (χ4v) is 0.744. The molecule has 0 saturated heterocycles. The van der Waals surface area contributed by atoms with Gasteiger partial charge in [-0.3, -0.25) is 0 Å². The molecule has 11 heavy (non-hydrogen) atoms. The van der Waals surface area contributed by atoms with Gasteiger partial charge in [0, 0.05) is 5.56 Å². The Labute approximate surface area is 65.9 Å². The number of hydrogen-bond donors (Lipinski definition) is 3. The van der Waals surface area contributed by atoms with E-state index < -0.39 is 5.88 Å². The van der Waals surface area contributed by atoms with Crippen molar-refractivity contribution in [2.24, 2.45) is 5.73 Å². The van der Waals surface area contributed by atoms with Crippen LogP contribution in [0.4, 0.5) is 0 Å². The summed E-state index contributed by atoms with van der Waals surface area (Å²) in [6, 6.07) is 8.60. The van der Waals surface area contributed by atoms with Crippen molar-refractivity contribution in [1.29, 1.82) is 0 Å². The van der Waals surface area contributed by atoms with Gasteiger partial charge < -0.3 is 15.9 Å². The molecule has 1 aromatic carbocycles. The molecule has 0 spiro atoms. The molecule has 4 N–H and O–H groups in total. The summed E-state index contributed by atoms with van der Waals surface area (Å²) in [7, 11) is 0. The highest BCUT2D eigenvalue weighted by atomic mass is 16.3. The third-order valence-electron chi connectivity index (χ3n) is 1.29. The van der Waals surface area contributed by atoms with Crippen LogP contribution < -0.4 is 5.73 Å². The normalized spacial score (nSPS) is 12.4. The van der Waals surface area contributed by atoms with Crippen LogP contribution in [0.1, 0.15) is 6.99 Å². The molecule has 0 bridgehead atoms. The Morgan fingerprint density at radius 2 is 1.73 bits per heavy atom. The maximum Gasteiger partial charge on any atom is 1.00 e. The molecule has 0 unspecified atom stereocenters. The van der Waals surface area contributed by atoms with Crippen molar-refractivity contribution in [3.63, 3.8) is 0 Å². The maximum absolute atomic E-state index is 9.10. The van der Waals surface area contributed by atoms with E-state index in [4.69, 9.17) is 15.9 Å². The zero-order valence-electron chi connectivity index (χ0n) is 6.86. The van der Waals surface area contributed by atoms with Gasteiger partial charge in [-0.1, -0.05) is 30.3 Å². The van der Waals surface area contributed by atoms with Crippen LogP contribution in [-0.2, 0) is 0 Å². The van der Waals surface area contributed by atoms with E-state index in [1.54, 1.807) is 24.3 Å². The van der Waals surface area contributed by atoms with Crippen molar-refractivity contribution in [1.82, 2.24) is 0 Å². The predicted octanol–water partition coefficient (Wildman–Crippen LogP) is 1.50. The summed E-state index contributed by atoms with van der Waals surface area (Å²) in [5, 5.41) is 17.8. The summed E-state index contributed by atoms with van der Waals surface area (Å²) >= 11 is 0. The highest BCUT2D eigenvalue weighted by Gasteiger charge is 2.00. The third-order valence-corrected chi connectivity index (χ3v) is 1.29. The van der Waals surface area contributed by atoms with Crippen molar-refractivity contribution >= 4 is 5.76 Å². The lowest BCUT2D eigenvalue weighted by Crippen LogP contribution is -1.99. The van der Waals surface area contributed by atoms with Gasteiger partial charge in [0.1, 0.15) is 0 Å². The molecule has 0 aliphatic carbocycles. The predicted molar refractivity (Wildman–Crippen MR) is 43.9 cm³/mol. The van der Waals surface area contributed by atoms with Gasteiger partial charge in [-0.05, 0) is 0 Å². The van der Waals surface area contributed by atoms with E-state index in [9.17, 15) is 0 Å². The summed E-state index contributed by atoms with van der Waals surface area (Å²) in [5.41, 5.74) is 5.46. The molecule has 1 aromatic rings. The zero-order valence-corrected chi connectivity index (χ0v) is 5.86. The number of hydrogen-bond acceptors (Lipinski definition) is 3. The van der Waals surface area contributed by atoms with Gasteiger partial charge in [0.25, 0.3) is 0 Å². The van der Waals surface area contributed by atoms with Crippen molar-refractivity contribution < 1.29 is 11.6 Å². The molecule has 3 heteroatoms. The highest BCUT2D eigenvalue weighted by molar-refractivity contribution is 5.59. The molecule has 3 nitrogen and oxygen atoms in total. The van der Waals surface area contributed by atoms with Crippen LogP contribution in [-0.4, -0.2) is 10.2 Å². The number of aliphatic hydroxyl groups is 2. The summed E-state index contributed by atoms with van der Waals surface area (Å²) in [6.07, 6.45) is 0. The van der Waals surface area contributed by atoms with Crippen LogP contribution in [0.15, 0.2) is 36.2 Å². The lowest BCUT2D eigenvalue weighted by atomic mass is 10.2. The van der Waals surface area contributed by atoms with E-state index in [1.807, 2.05) is 6.07 Å². The second-order valence-corrected chi connectivity index (χ2v) is 2.10. The zero-order chi connectivity index (χ0) is 8.27. The van der Waals surface area contributed by atoms with Gasteiger partial charge in [0.15, 0.2) is 5.76 Å². The van der Waals surface area contributed by atoms with Crippen LogP contribution in [0.25, 0.3) is 5.76 Å². The lowest BCUT2D eigenvalue weighted by molar-refractivity contribution is 0.375. The minimum atomic E-state index is -0.559. The summed E-state index contributed by atoms with van der Waals surface area (Å²) in [5.74, 6) is -0.846. The SMILES string of the molecule is NC(O)=C(O)c1ccccc1.[H+]. The Morgan fingerprint density at radius 1 is 1.18 bits per heavy atom. The average Bonchev–Trinajstić information content (AvgIpc) is 2.05. The molecule has 0 radical (unpaired) electrons. The van der Waals surface area contributed by atoms with Gasteiger partial charge in [0.2, 0.25) is 5.88 Å². The number of aliphatic hydroxyl groups excluding tert-OH is 2. The number of rotatable bonds is 1. The van der Waals surface area contributed by atoms with Crippen molar-refractivity contribution in [2.75, 3.05) is 0 Å². The number of benzene rings is 1. The summed E-state index contributed by atoms with van der Waals surface area (Å²) in [6.45, 7) is 0. The molecule has 0 heterocycles. The van der Waals surface area contributed by atoms with Crippen LogP contribution >= 0.6 is 0 Å². The second-order valence-electron chi connectivity index (χ2n) is 2.10. The first-order chi connectivity index (χ1) is 5.22. The van der Waals surface area contributed by atoms with Crippen LogP contribution in [0.5, 0.6) is 0 Å². The molecule has 0 aliphatic heterocycles. The molecule has 0 atom stereocenters. The van der Waals surface area contributed by atoms with Crippen LogP contribution in [0.3, 0.4) is 0 Å². The molecule has 0 saturated carbocycles. The Hall–Kier alpha value is -1.64. The quantitative estimate of drug-likeness (QED) is 0.534. The van der Waals surface area contributed by atoms with E-state index in [1.165, 1.54) is 0 Å². The largest absolute Gasteiger partial charge is 1.00 e. The Bertz CT molecular complexity index is 268. The fraction of sp³-hybridized carbons (Fsp3) is 0. The van der Waals surface area contributed by atoms with Crippen molar-refractivity contribution in [3.8, 4) is 0 Å². The highest BCUT2D eigenvalue weighted by Crippen LogP contribution is 2.10. The van der Waals surface area contributed by atoms with Gasteiger partial charge in [-0.2, -0.15) is 0 Å². The lowest BCUT2D eigenvalue weighted by Gasteiger charge is -1.98. The monoisotopic (exact) mass is 152 g/mol. The maximum atomic E-state index is 9.10. The van der Waals surface area contributed by atoms with Gasteiger partial charge in [-0.25, -0.2) is 0 Å². The molecular weight excluding hydrogens is 142 g/mol. The smallest absolute Gasteiger partial charge is 0.503 e. The summed E-state index contributed by atoms with van der Waals surface area (Å²) < 4.78 is 0. The van der Waals surface area contributed by atoms with Crippen LogP contribution in [0, 0.1) is 0 Å². The fourth-order valence-electron chi connectivity index (χ4n) is 0.744. The van der Waals surface area contributed by atoms with E-state index in [2.05, 4.69) is 0 Å². The first kappa shape index (κ1) is 7.47. The van der Waals surface area contributed by atoms with Crippen molar-refractivity contribution in [2.45, 2.75) is 0 Å². The van der Waals surface area contributed by atoms with E-state index in [-0.39, 0.29) is 7.19 Å². The third kappa shape index (κ3) is 1.64. The van der Waals surface area contributed by atoms with Crippen molar-refractivity contribution in [3.05, 3.63) is 41.8 Å². The Kier molecular flexibility index (Phi) is 2.01. The Morgan fingerprint density at radius 3 is 2.18 bits per heavy atom. The van der Waals surface area contributed by atoms with Gasteiger partial charge >= 0.3 is 1.43 Å².